The Morgan fingerprint density at radius 3 is 2.53 bits per heavy atom. The Morgan fingerprint density at radius 1 is 1.13 bits per heavy atom. The van der Waals surface area contributed by atoms with Gasteiger partial charge in [-0.3, -0.25) is 4.98 Å². The molecule has 6 heteroatoms. The molecular formula is C24H27BrN4S. The van der Waals surface area contributed by atoms with Gasteiger partial charge in [0.2, 0.25) is 0 Å². The summed E-state index contributed by atoms with van der Waals surface area (Å²) in [5.41, 5.74) is 5.88. The molecule has 0 saturated carbocycles. The van der Waals surface area contributed by atoms with Gasteiger partial charge in [0.1, 0.15) is 0 Å². The zero-order chi connectivity index (χ0) is 21.4. The summed E-state index contributed by atoms with van der Waals surface area (Å²) in [6.07, 6.45) is 1.85. The fourth-order valence-corrected chi connectivity index (χ4v) is 5.20. The van der Waals surface area contributed by atoms with Crippen molar-refractivity contribution >= 4 is 33.3 Å². The highest BCUT2D eigenvalue weighted by atomic mass is 79.9. The van der Waals surface area contributed by atoms with Crippen LogP contribution in [0.4, 0.5) is 0 Å². The van der Waals surface area contributed by atoms with Gasteiger partial charge in [-0.2, -0.15) is 0 Å². The highest BCUT2D eigenvalue weighted by molar-refractivity contribution is 9.10. The first-order valence-electron chi connectivity index (χ1n) is 10.3. The Kier molecular flexibility index (Phi) is 5.98. The highest BCUT2D eigenvalue weighted by Crippen LogP contribution is 2.42. The number of para-hydroxylation sites is 1. The van der Waals surface area contributed by atoms with Gasteiger partial charge in [0.05, 0.1) is 23.5 Å². The number of nitrogens with zero attached hydrogens (tertiary/aromatic N) is 3. The number of rotatable bonds is 5. The Bertz CT molecular complexity index is 1060. The first-order valence-corrected chi connectivity index (χ1v) is 11.5. The third-order valence-corrected chi connectivity index (χ3v) is 6.66. The molecule has 1 saturated heterocycles. The van der Waals surface area contributed by atoms with E-state index in [2.05, 4.69) is 93.7 Å². The lowest BCUT2D eigenvalue weighted by molar-refractivity contribution is 0.287. The number of hydrogen-bond acceptors (Lipinski definition) is 2. The summed E-state index contributed by atoms with van der Waals surface area (Å²) in [7, 11) is 0. The minimum absolute atomic E-state index is 0.0191. The van der Waals surface area contributed by atoms with Crippen LogP contribution in [0.25, 0.3) is 5.69 Å². The second kappa shape index (κ2) is 8.52. The molecule has 4 rings (SSSR count). The van der Waals surface area contributed by atoms with Gasteiger partial charge >= 0.3 is 0 Å². The van der Waals surface area contributed by atoms with Crippen LogP contribution in [-0.2, 0) is 0 Å². The SMILES string of the molecule is Cc1cc([C@H]2[C@@H](c3ccccn3)NC(=S)N2CC(C)C)c(C)n1-c1ccccc1Br. The minimum atomic E-state index is 0.0191. The topological polar surface area (TPSA) is 33.1 Å². The lowest BCUT2D eigenvalue weighted by Crippen LogP contribution is -2.33. The van der Waals surface area contributed by atoms with Crippen molar-refractivity contribution in [3.63, 3.8) is 0 Å². The molecule has 156 valence electrons. The summed E-state index contributed by atoms with van der Waals surface area (Å²) in [5.74, 6) is 0.501. The lowest BCUT2D eigenvalue weighted by atomic mass is 9.96. The second-order valence-corrected chi connectivity index (χ2v) is 9.53. The number of nitrogens with one attached hydrogen (secondary N) is 1. The molecule has 0 aliphatic carbocycles. The summed E-state index contributed by atoms with van der Waals surface area (Å²) < 4.78 is 3.41. The first kappa shape index (κ1) is 21.1. The van der Waals surface area contributed by atoms with Crippen LogP contribution in [0.15, 0.2) is 59.2 Å². The number of aryl methyl sites for hydroxylation is 1. The monoisotopic (exact) mass is 482 g/mol. The summed E-state index contributed by atoms with van der Waals surface area (Å²) in [5, 5.41) is 4.36. The number of halogens is 1. The maximum absolute atomic E-state index is 5.78. The van der Waals surface area contributed by atoms with Crippen molar-refractivity contribution < 1.29 is 0 Å². The average molecular weight is 483 g/mol. The van der Waals surface area contributed by atoms with Gasteiger partial charge in [0, 0.05) is 28.6 Å². The number of thiocarbonyl (C=S) groups is 1. The van der Waals surface area contributed by atoms with Gasteiger partial charge in [-0.25, -0.2) is 0 Å². The van der Waals surface area contributed by atoms with E-state index in [0.29, 0.717) is 5.92 Å². The van der Waals surface area contributed by atoms with Crippen LogP contribution in [0.1, 0.15) is 48.6 Å². The van der Waals surface area contributed by atoms with Crippen molar-refractivity contribution in [2.45, 2.75) is 39.8 Å². The number of pyridine rings is 1. The zero-order valence-electron chi connectivity index (χ0n) is 17.8. The molecule has 1 fully saturated rings. The summed E-state index contributed by atoms with van der Waals surface area (Å²) >= 11 is 9.51. The van der Waals surface area contributed by atoms with Crippen LogP contribution in [-0.4, -0.2) is 26.1 Å². The summed E-state index contributed by atoms with van der Waals surface area (Å²) in [6.45, 7) is 9.74. The van der Waals surface area contributed by atoms with Crippen molar-refractivity contribution in [3.8, 4) is 5.69 Å². The second-order valence-electron chi connectivity index (χ2n) is 8.29. The number of hydrogen-bond donors (Lipinski definition) is 1. The van der Waals surface area contributed by atoms with Crippen LogP contribution in [0.5, 0.6) is 0 Å². The van der Waals surface area contributed by atoms with Crippen molar-refractivity contribution in [2.75, 3.05) is 6.54 Å². The molecule has 0 amide bonds. The summed E-state index contributed by atoms with van der Waals surface area (Å²) in [4.78, 5) is 6.99. The predicted octanol–water partition coefficient (Wildman–Crippen LogP) is 5.88. The first-order chi connectivity index (χ1) is 14.4. The standard InChI is InChI=1S/C24H27BrN4S/c1-15(2)14-28-23(22(27-24(28)30)20-10-7-8-12-26-20)18-13-16(3)29(17(18)4)21-11-6-5-9-19(21)25/h5-13,15,22-23H,14H2,1-4H3,(H,27,30)/t22-,23+/m1/s1. The van der Waals surface area contributed by atoms with E-state index in [-0.39, 0.29) is 12.1 Å². The fourth-order valence-electron chi connectivity index (χ4n) is 4.42. The summed E-state index contributed by atoms with van der Waals surface area (Å²) in [6, 6.07) is 16.8. The molecule has 1 aromatic carbocycles. The van der Waals surface area contributed by atoms with E-state index in [0.717, 1.165) is 27.5 Å². The maximum Gasteiger partial charge on any atom is 0.170 e. The van der Waals surface area contributed by atoms with Crippen LogP contribution in [0.2, 0.25) is 0 Å². The third-order valence-electron chi connectivity index (χ3n) is 5.64. The molecule has 0 spiro atoms. The lowest BCUT2D eigenvalue weighted by Gasteiger charge is -2.29. The molecule has 3 aromatic rings. The van der Waals surface area contributed by atoms with E-state index in [1.807, 2.05) is 24.4 Å². The van der Waals surface area contributed by atoms with Gasteiger partial charge in [0.15, 0.2) is 5.11 Å². The molecule has 1 aliphatic rings. The van der Waals surface area contributed by atoms with Crippen LogP contribution in [0, 0.1) is 19.8 Å². The van der Waals surface area contributed by atoms with E-state index >= 15 is 0 Å². The Balaban J connectivity index is 1.85. The molecular weight excluding hydrogens is 456 g/mol. The van der Waals surface area contributed by atoms with Crippen LogP contribution < -0.4 is 5.32 Å². The molecule has 0 bridgehead atoms. The Morgan fingerprint density at radius 2 is 1.87 bits per heavy atom. The van der Waals surface area contributed by atoms with E-state index in [9.17, 15) is 0 Å². The molecule has 30 heavy (non-hydrogen) atoms. The van der Waals surface area contributed by atoms with Crippen molar-refractivity contribution in [3.05, 3.63) is 81.8 Å². The van der Waals surface area contributed by atoms with E-state index in [4.69, 9.17) is 12.2 Å². The number of aromatic nitrogens is 2. The van der Waals surface area contributed by atoms with Crippen molar-refractivity contribution in [1.82, 2.24) is 19.8 Å². The fraction of sp³-hybridized carbons (Fsp3) is 0.333. The normalized spacial score (nSPS) is 18.9. The highest BCUT2D eigenvalue weighted by Gasteiger charge is 2.41. The molecule has 1 aliphatic heterocycles. The van der Waals surface area contributed by atoms with Gasteiger partial charge in [-0.15, -0.1) is 0 Å². The maximum atomic E-state index is 5.78. The molecule has 2 atom stereocenters. The molecule has 0 unspecified atom stereocenters. The van der Waals surface area contributed by atoms with Crippen LogP contribution in [0.3, 0.4) is 0 Å². The molecule has 2 aromatic heterocycles. The molecule has 1 N–H and O–H groups in total. The van der Waals surface area contributed by atoms with Crippen LogP contribution >= 0.6 is 28.1 Å². The predicted molar refractivity (Wildman–Crippen MR) is 130 cm³/mol. The van der Waals surface area contributed by atoms with Gasteiger partial charge in [0.25, 0.3) is 0 Å². The van der Waals surface area contributed by atoms with E-state index < -0.39 is 0 Å². The molecule has 4 nitrogen and oxygen atoms in total. The number of benzene rings is 1. The van der Waals surface area contributed by atoms with Gasteiger partial charge in [-0.1, -0.05) is 32.0 Å². The van der Waals surface area contributed by atoms with Crippen molar-refractivity contribution in [1.29, 1.82) is 0 Å². The molecule has 0 radical (unpaired) electrons. The zero-order valence-corrected chi connectivity index (χ0v) is 20.2. The van der Waals surface area contributed by atoms with Gasteiger partial charge < -0.3 is 14.8 Å². The molecule has 3 heterocycles. The Labute approximate surface area is 192 Å². The van der Waals surface area contributed by atoms with E-state index in [1.54, 1.807) is 0 Å². The van der Waals surface area contributed by atoms with Crippen molar-refractivity contribution in [2.24, 2.45) is 5.92 Å². The smallest absolute Gasteiger partial charge is 0.170 e. The average Bonchev–Trinajstić information content (AvgIpc) is 3.18. The third kappa shape index (κ3) is 3.79. The Hall–Kier alpha value is -2.18. The quantitative estimate of drug-likeness (QED) is 0.460. The minimum Gasteiger partial charge on any atom is -0.352 e. The van der Waals surface area contributed by atoms with Gasteiger partial charge in [-0.05, 0) is 83.8 Å². The largest absolute Gasteiger partial charge is 0.352 e. The van der Waals surface area contributed by atoms with E-state index in [1.165, 1.54) is 17.0 Å².